The van der Waals surface area contributed by atoms with Crippen LogP contribution in [0.4, 0.5) is 15.8 Å². The third-order valence-corrected chi connectivity index (χ3v) is 4.32. The topological polar surface area (TPSA) is 60.1 Å². The predicted molar refractivity (Wildman–Crippen MR) is 97.3 cm³/mol. The fraction of sp³-hybridized carbons (Fsp3) is 0.350. The molecular formula is C20H24FN2O2+. The molecule has 4 nitrogen and oxygen atoms in total. The van der Waals surface area contributed by atoms with E-state index in [1.165, 1.54) is 43.4 Å². The Morgan fingerprint density at radius 2 is 1.72 bits per heavy atom. The van der Waals surface area contributed by atoms with Crippen LogP contribution in [0.25, 0.3) is 0 Å². The molecule has 0 atom stereocenters. The largest absolute Gasteiger partial charge is 0.322 e. The van der Waals surface area contributed by atoms with Crippen molar-refractivity contribution in [2.75, 3.05) is 5.32 Å². The number of hydrogen-bond donors (Lipinski definition) is 2. The smallest absolute Gasteiger partial charge is 0.258 e. The Hall–Kier alpha value is -2.56. The SMILES string of the molecule is CC.O=[NH+]c1ccc(F)c(C(=O)Nc2ccc(C3CCCC3)cc2)c1. The first-order valence-electron chi connectivity index (χ1n) is 8.76. The summed E-state index contributed by atoms with van der Waals surface area (Å²) < 4.78 is 13.7. The highest BCUT2D eigenvalue weighted by atomic mass is 19.1. The van der Waals surface area contributed by atoms with Gasteiger partial charge in [-0.05, 0) is 42.5 Å². The Morgan fingerprint density at radius 3 is 2.32 bits per heavy atom. The summed E-state index contributed by atoms with van der Waals surface area (Å²) in [6, 6.07) is 11.3. The number of amides is 1. The van der Waals surface area contributed by atoms with E-state index in [-0.39, 0.29) is 11.3 Å². The fourth-order valence-corrected chi connectivity index (χ4v) is 3.06. The maximum Gasteiger partial charge on any atom is 0.258 e. The molecule has 3 rings (SSSR count). The second-order valence-corrected chi connectivity index (χ2v) is 5.85. The van der Waals surface area contributed by atoms with E-state index in [4.69, 9.17) is 0 Å². The third kappa shape index (κ3) is 4.72. The van der Waals surface area contributed by atoms with Gasteiger partial charge in [-0.15, -0.1) is 0 Å². The standard InChI is InChI=1S/C18H17FN2O2.C2H6/c19-17-10-9-15(21-23)11-16(17)18(22)20-14-7-5-13(6-8-14)12-3-1-2-4-12;1-2/h5-12H,1-4H2,(H,20,22);1-2H3/p+1. The average molecular weight is 343 g/mol. The van der Waals surface area contributed by atoms with Crippen molar-refractivity contribution in [1.29, 1.82) is 0 Å². The Morgan fingerprint density at radius 1 is 1.08 bits per heavy atom. The van der Waals surface area contributed by atoms with Gasteiger partial charge >= 0.3 is 0 Å². The summed E-state index contributed by atoms with van der Waals surface area (Å²) in [4.78, 5) is 22.8. The number of nitrogens with one attached hydrogen (secondary N) is 2. The van der Waals surface area contributed by atoms with Gasteiger partial charge in [-0.25, -0.2) is 4.39 Å². The monoisotopic (exact) mass is 343 g/mol. The van der Waals surface area contributed by atoms with Gasteiger partial charge in [0.2, 0.25) is 0 Å². The van der Waals surface area contributed by atoms with Crippen LogP contribution in [0, 0.1) is 10.7 Å². The Kier molecular flexibility index (Phi) is 6.81. The Labute approximate surface area is 147 Å². The van der Waals surface area contributed by atoms with E-state index in [9.17, 15) is 14.1 Å². The minimum absolute atomic E-state index is 0.146. The van der Waals surface area contributed by atoms with Crippen LogP contribution in [0.5, 0.6) is 0 Å². The van der Waals surface area contributed by atoms with Gasteiger partial charge in [0.1, 0.15) is 5.82 Å². The highest BCUT2D eigenvalue weighted by Crippen LogP contribution is 2.34. The molecule has 0 aromatic heterocycles. The molecule has 2 aromatic carbocycles. The van der Waals surface area contributed by atoms with Crippen LogP contribution < -0.4 is 10.5 Å². The van der Waals surface area contributed by atoms with E-state index >= 15 is 0 Å². The van der Waals surface area contributed by atoms with E-state index in [1.54, 1.807) is 5.18 Å². The zero-order valence-corrected chi connectivity index (χ0v) is 14.6. The lowest BCUT2D eigenvalue weighted by Gasteiger charge is -2.11. The van der Waals surface area contributed by atoms with Crippen LogP contribution in [0.1, 0.15) is 61.4 Å². The first-order valence-corrected chi connectivity index (χ1v) is 8.76. The first-order chi connectivity index (χ1) is 12.2. The molecule has 0 bridgehead atoms. The molecule has 0 spiro atoms. The second-order valence-electron chi connectivity index (χ2n) is 5.85. The fourth-order valence-electron chi connectivity index (χ4n) is 3.06. The molecule has 0 radical (unpaired) electrons. The lowest BCUT2D eigenvalue weighted by molar-refractivity contribution is -0.379. The summed E-state index contributed by atoms with van der Waals surface area (Å²) in [5.41, 5.74) is 1.87. The highest BCUT2D eigenvalue weighted by Gasteiger charge is 2.18. The van der Waals surface area contributed by atoms with Crippen LogP contribution >= 0.6 is 0 Å². The molecule has 1 saturated carbocycles. The van der Waals surface area contributed by atoms with Crippen molar-refractivity contribution in [3.8, 4) is 0 Å². The minimum Gasteiger partial charge on any atom is -0.322 e. The molecule has 0 aliphatic heterocycles. The number of halogens is 1. The Bertz CT molecular complexity index is 723. The van der Waals surface area contributed by atoms with Gasteiger partial charge in [0, 0.05) is 27.9 Å². The van der Waals surface area contributed by atoms with Crippen LogP contribution in [0.15, 0.2) is 42.5 Å². The number of hydrogen-bond acceptors (Lipinski definition) is 2. The Balaban J connectivity index is 0.00000109. The van der Waals surface area contributed by atoms with Crippen LogP contribution in [-0.2, 0) is 0 Å². The summed E-state index contributed by atoms with van der Waals surface area (Å²) in [5.74, 6) is -0.630. The summed E-state index contributed by atoms with van der Waals surface area (Å²) in [6.07, 6.45) is 4.97. The summed E-state index contributed by atoms with van der Waals surface area (Å²) in [6.45, 7) is 4.00. The summed E-state index contributed by atoms with van der Waals surface area (Å²) in [7, 11) is 0. The molecule has 1 amide bonds. The van der Waals surface area contributed by atoms with Crippen LogP contribution in [0.3, 0.4) is 0 Å². The predicted octanol–water partition coefficient (Wildman–Crippen LogP) is 4.24. The normalized spacial score (nSPS) is 13.7. The third-order valence-electron chi connectivity index (χ3n) is 4.32. The van der Waals surface area contributed by atoms with Crippen molar-refractivity contribution in [3.63, 3.8) is 0 Å². The number of anilines is 1. The van der Waals surface area contributed by atoms with Crippen molar-refractivity contribution >= 4 is 17.3 Å². The van der Waals surface area contributed by atoms with Crippen molar-refractivity contribution < 1.29 is 14.4 Å². The van der Waals surface area contributed by atoms with Gasteiger partial charge in [-0.2, -0.15) is 0 Å². The van der Waals surface area contributed by atoms with Crippen LogP contribution in [0.2, 0.25) is 0 Å². The van der Waals surface area contributed by atoms with E-state index < -0.39 is 11.7 Å². The van der Waals surface area contributed by atoms with Gasteiger partial charge in [0.05, 0.1) is 5.56 Å². The molecule has 25 heavy (non-hydrogen) atoms. The molecule has 1 aliphatic rings. The molecule has 1 aliphatic carbocycles. The molecule has 132 valence electrons. The second kappa shape index (κ2) is 9.06. The van der Waals surface area contributed by atoms with Gasteiger partial charge in [0.15, 0.2) is 0 Å². The van der Waals surface area contributed by atoms with E-state index in [0.29, 0.717) is 11.6 Å². The maximum atomic E-state index is 13.7. The number of carbonyl (C=O) groups excluding carboxylic acids is 1. The molecule has 1 fully saturated rings. The van der Waals surface area contributed by atoms with Gasteiger partial charge < -0.3 is 5.32 Å². The zero-order valence-electron chi connectivity index (χ0n) is 14.6. The molecule has 0 saturated heterocycles. The molecule has 0 heterocycles. The van der Waals surface area contributed by atoms with E-state index in [2.05, 4.69) is 5.32 Å². The number of nitroso groups, excluding NO2 is 1. The summed E-state index contributed by atoms with van der Waals surface area (Å²) >= 11 is 0. The van der Waals surface area contributed by atoms with Crippen LogP contribution in [-0.4, -0.2) is 5.91 Å². The van der Waals surface area contributed by atoms with Crippen molar-refractivity contribution in [2.24, 2.45) is 0 Å². The maximum absolute atomic E-state index is 13.7. The molecule has 0 unspecified atom stereocenters. The number of rotatable bonds is 4. The van der Waals surface area contributed by atoms with E-state index in [0.717, 1.165) is 6.07 Å². The van der Waals surface area contributed by atoms with Crippen molar-refractivity contribution in [1.82, 2.24) is 0 Å². The minimum atomic E-state index is -0.663. The first kappa shape index (κ1) is 18.8. The molecule has 2 N–H and O–H groups in total. The molecule has 5 heteroatoms. The quantitative estimate of drug-likeness (QED) is 0.872. The van der Waals surface area contributed by atoms with Crippen molar-refractivity contribution in [2.45, 2.75) is 45.4 Å². The molecular weight excluding hydrogens is 319 g/mol. The highest BCUT2D eigenvalue weighted by molar-refractivity contribution is 6.04. The average Bonchev–Trinajstić information content (AvgIpc) is 3.19. The van der Waals surface area contributed by atoms with Crippen molar-refractivity contribution in [3.05, 3.63) is 64.3 Å². The lowest BCUT2D eigenvalue weighted by Crippen LogP contribution is -2.55. The molecule has 2 aromatic rings. The van der Waals surface area contributed by atoms with Gasteiger partial charge in [-0.1, -0.05) is 38.8 Å². The lowest BCUT2D eigenvalue weighted by atomic mass is 9.97. The van der Waals surface area contributed by atoms with Gasteiger partial charge in [0.25, 0.3) is 11.6 Å². The summed E-state index contributed by atoms with van der Waals surface area (Å²) in [5, 5.41) is 4.31. The van der Waals surface area contributed by atoms with Gasteiger partial charge in [-0.3, -0.25) is 4.79 Å². The van der Waals surface area contributed by atoms with E-state index in [1.807, 2.05) is 38.1 Å². The number of carbonyl (C=O) groups is 1. The number of benzene rings is 2. The zero-order chi connectivity index (χ0) is 18.2.